The monoisotopic (exact) mass is 335 g/mol. The van der Waals surface area contributed by atoms with E-state index < -0.39 is 5.97 Å². The third-order valence-electron chi connectivity index (χ3n) is 2.94. The van der Waals surface area contributed by atoms with Gasteiger partial charge in [-0.05, 0) is 38.4 Å². The molecule has 7 nitrogen and oxygen atoms in total. The number of hydrogen-bond acceptors (Lipinski definition) is 6. The molecule has 0 saturated carbocycles. The van der Waals surface area contributed by atoms with Crippen molar-refractivity contribution in [3.8, 4) is 17.1 Å². The number of carbonyl (C=O) groups is 1. The van der Waals surface area contributed by atoms with E-state index in [4.69, 9.17) is 14.4 Å². The van der Waals surface area contributed by atoms with E-state index in [-0.39, 0.29) is 12.8 Å². The van der Waals surface area contributed by atoms with Crippen LogP contribution in [-0.4, -0.2) is 53.4 Å². The molecule has 1 aromatic carbocycles. The van der Waals surface area contributed by atoms with Crippen LogP contribution in [-0.2, 0) is 11.2 Å². The summed E-state index contributed by atoms with van der Waals surface area (Å²) >= 11 is 0. The van der Waals surface area contributed by atoms with Crippen LogP contribution in [0.4, 0.5) is 0 Å². The van der Waals surface area contributed by atoms with Crippen molar-refractivity contribution < 1.29 is 19.2 Å². The fourth-order valence-corrected chi connectivity index (χ4v) is 1.73. The molecule has 0 aliphatic heterocycles. The summed E-state index contributed by atoms with van der Waals surface area (Å²) in [4.78, 5) is 16.7. The average Bonchev–Trinajstić information content (AvgIpc) is 3.04. The molecule has 132 valence electrons. The van der Waals surface area contributed by atoms with Crippen LogP contribution in [0.25, 0.3) is 11.4 Å². The fraction of sp³-hybridized carbons (Fsp3) is 0.471. The number of likely N-dealkylation sites (N-methyl/N-ethyl adjacent to an activating group) is 1. The summed E-state index contributed by atoms with van der Waals surface area (Å²) in [6.45, 7) is 5.47. The van der Waals surface area contributed by atoms with E-state index >= 15 is 0 Å². The van der Waals surface area contributed by atoms with Gasteiger partial charge in [0.05, 0.1) is 6.42 Å². The number of benzene rings is 1. The maximum absolute atomic E-state index is 10.5. The van der Waals surface area contributed by atoms with Gasteiger partial charge in [0.25, 0.3) is 0 Å². The average molecular weight is 335 g/mol. The Hall–Kier alpha value is -2.41. The third kappa shape index (κ3) is 6.78. The molecule has 0 radical (unpaired) electrons. The van der Waals surface area contributed by atoms with E-state index in [1.54, 1.807) is 0 Å². The zero-order valence-corrected chi connectivity index (χ0v) is 14.7. The molecule has 1 heterocycles. The number of carboxylic acid groups (broad SMARTS) is 1. The van der Waals surface area contributed by atoms with Gasteiger partial charge in [0.15, 0.2) is 0 Å². The predicted octanol–water partition coefficient (Wildman–Crippen LogP) is 2.72. The quantitative estimate of drug-likeness (QED) is 0.793. The van der Waals surface area contributed by atoms with Crippen LogP contribution in [0.5, 0.6) is 5.75 Å². The van der Waals surface area contributed by atoms with Crippen LogP contribution in [0, 0.1) is 0 Å². The standard InChI is InChI=1S/C15H19N3O4.C2H6/c1-18(2)9-10-21-12-5-3-11(4-6-12)15-16-13(22-17-15)7-8-14(19)20;1-2/h3-6H,7-10H2,1-2H3,(H,19,20);1-2H3. The van der Waals surface area contributed by atoms with Gasteiger partial charge in [-0.25, -0.2) is 0 Å². The summed E-state index contributed by atoms with van der Waals surface area (Å²) in [5.74, 6) is 0.656. The van der Waals surface area contributed by atoms with Crippen LogP contribution in [0.1, 0.15) is 26.2 Å². The van der Waals surface area contributed by atoms with Crippen molar-refractivity contribution in [3.63, 3.8) is 0 Å². The molecular weight excluding hydrogens is 310 g/mol. The maximum Gasteiger partial charge on any atom is 0.303 e. The number of hydrogen-bond donors (Lipinski definition) is 1. The molecule has 2 rings (SSSR count). The largest absolute Gasteiger partial charge is 0.492 e. The molecule has 0 unspecified atom stereocenters. The fourth-order valence-electron chi connectivity index (χ4n) is 1.73. The summed E-state index contributed by atoms with van der Waals surface area (Å²) in [5.41, 5.74) is 0.797. The molecule has 24 heavy (non-hydrogen) atoms. The van der Waals surface area contributed by atoms with Gasteiger partial charge in [-0.1, -0.05) is 19.0 Å². The number of ether oxygens (including phenoxy) is 1. The van der Waals surface area contributed by atoms with Crippen molar-refractivity contribution >= 4 is 5.97 Å². The minimum Gasteiger partial charge on any atom is -0.492 e. The van der Waals surface area contributed by atoms with E-state index in [2.05, 4.69) is 10.1 Å². The van der Waals surface area contributed by atoms with Crippen LogP contribution in [0.2, 0.25) is 0 Å². The van der Waals surface area contributed by atoms with Crippen molar-refractivity contribution in [3.05, 3.63) is 30.2 Å². The molecule has 0 aliphatic carbocycles. The second kappa shape index (κ2) is 10.4. The number of nitrogens with zero attached hydrogens (tertiary/aromatic N) is 3. The smallest absolute Gasteiger partial charge is 0.303 e. The minimum absolute atomic E-state index is 0.0275. The summed E-state index contributed by atoms with van der Waals surface area (Å²) in [5, 5.41) is 12.5. The molecule has 0 amide bonds. The van der Waals surface area contributed by atoms with Gasteiger partial charge in [0.2, 0.25) is 11.7 Å². The van der Waals surface area contributed by atoms with Crippen molar-refractivity contribution in [2.45, 2.75) is 26.7 Å². The highest BCUT2D eigenvalue weighted by Gasteiger charge is 2.10. The van der Waals surface area contributed by atoms with Crippen molar-refractivity contribution in [1.82, 2.24) is 15.0 Å². The Bertz CT molecular complexity index is 609. The van der Waals surface area contributed by atoms with Crippen molar-refractivity contribution in [2.75, 3.05) is 27.2 Å². The Morgan fingerprint density at radius 1 is 1.25 bits per heavy atom. The number of aryl methyl sites for hydroxylation is 1. The SMILES string of the molecule is CC.CN(C)CCOc1ccc(-c2noc(CCC(=O)O)n2)cc1. The Morgan fingerprint density at radius 2 is 1.92 bits per heavy atom. The highest BCUT2D eigenvalue weighted by atomic mass is 16.5. The van der Waals surface area contributed by atoms with Gasteiger partial charge in [-0.2, -0.15) is 4.98 Å². The third-order valence-corrected chi connectivity index (χ3v) is 2.94. The second-order valence-corrected chi connectivity index (χ2v) is 5.08. The highest BCUT2D eigenvalue weighted by molar-refractivity contribution is 5.66. The Labute approximate surface area is 142 Å². The molecule has 0 aliphatic rings. The number of aliphatic carboxylic acids is 1. The van der Waals surface area contributed by atoms with Crippen LogP contribution in [0.3, 0.4) is 0 Å². The van der Waals surface area contributed by atoms with Gasteiger partial charge in [-0.15, -0.1) is 0 Å². The lowest BCUT2D eigenvalue weighted by Crippen LogP contribution is -2.19. The number of aromatic nitrogens is 2. The van der Waals surface area contributed by atoms with E-state index in [1.165, 1.54) is 0 Å². The molecule has 0 bridgehead atoms. The first-order valence-corrected chi connectivity index (χ1v) is 7.97. The normalized spacial score (nSPS) is 10.2. The summed E-state index contributed by atoms with van der Waals surface area (Å²) in [6, 6.07) is 7.38. The first-order valence-electron chi connectivity index (χ1n) is 7.97. The van der Waals surface area contributed by atoms with Crippen LogP contribution in [0.15, 0.2) is 28.8 Å². The van der Waals surface area contributed by atoms with E-state index in [0.717, 1.165) is 17.9 Å². The lowest BCUT2D eigenvalue weighted by molar-refractivity contribution is -0.137. The van der Waals surface area contributed by atoms with Gasteiger partial charge in [0, 0.05) is 18.5 Å². The first kappa shape index (κ1) is 19.6. The molecular formula is C17H25N3O4. The second-order valence-electron chi connectivity index (χ2n) is 5.08. The Balaban J connectivity index is 0.00000139. The Kier molecular flexibility index (Phi) is 8.49. The minimum atomic E-state index is -0.890. The molecule has 0 atom stereocenters. The lowest BCUT2D eigenvalue weighted by Gasteiger charge is -2.10. The van der Waals surface area contributed by atoms with Crippen LogP contribution >= 0.6 is 0 Å². The molecule has 1 N–H and O–H groups in total. The van der Waals surface area contributed by atoms with Crippen LogP contribution < -0.4 is 4.74 Å². The lowest BCUT2D eigenvalue weighted by atomic mass is 10.2. The van der Waals surface area contributed by atoms with Crippen molar-refractivity contribution in [2.24, 2.45) is 0 Å². The summed E-state index contributed by atoms with van der Waals surface area (Å²) in [6.07, 6.45) is 0.203. The molecule has 0 saturated heterocycles. The van der Waals surface area contributed by atoms with E-state index in [1.807, 2.05) is 57.1 Å². The summed E-state index contributed by atoms with van der Waals surface area (Å²) < 4.78 is 10.6. The molecule has 0 spiro atoms. The van der Waals surface area contributed by atoms with E-state index in [9.17, 15) is 4.79 Å². The maximum atomic E-state index is 10.5. The topological polar surface area (TPSA) is 88.7 Å². The molecule has 1 aromatic heterocycles. The predicted molar refractivity (Wildman–Crippen MR) is 91.1 cm³/mol. The molecule has 7 heteroatoms. The first-order chi connectivity index (χ1) is 11.5. The van der Waals surface area contributed by atoms with E-state index in [0.29, 0.717) is 18.3 Å². The zero-order chi connectivity index (χ0) is 17.9. The Morgan fingerprint density at radius 3 is 2.50 bits per heavy atom. The molecule has 0 fully saturated rings. The molecule has 2 aromatic rings. The number of rotatable bonds is 8. The zero-order valence-electron chi connectivity index (χ0n) is 14.7. The van der Waals surface area contributed by atoms with Gasteiger partial charge in [-0.3, -0.25) is 4.79 Å². The van der Waals surface area contributed by atoms with Crippen molar-refractivity contribution in [1.29, 1.82) is 0 Å². The van der Waals surface area contributed by atoms with Gasteiger partial charge < -0.3 is 19.3 Å². The highest BCUT2D eigenvalue weighted by Crippen LogP contribution is 2.20. The van der Waals surface area contributed by atoms with Gasteiger partial charge in [0.1, 0.15) is 12.4 Å². The van der Waals surface area contributed by atoms with Gasteiger partial charge >= 0.3 is 5.97 Å². The number of carboxylic acids is 1. The summed E-state index contributed by atoms with van der Waals surface area (Å²) in [7, 11) is 3.98.